The number of aryl methyl sites for hydroxylation is 2. The Morgan fingerprint density at radius 2 is 2.04 bits per heavy atom. The molecule has 150 valence electrons. The summed E-state index contributed by atoms with van der Waals surface area (Å²) >= 11 is 1.55. The summed E-state index contributed by atoms with van der Waals surface area (Å²) in [6.07, 6.45) is 6.33. The molecule has 0 aliphatic rings. The molecule has 3 aromatic rings. The molecule has 0 atom stereocenters. The van der Waals surface area contributed by atoms with Gasteiger partial charge in [-0.3, -0.25) is 19.0 Å². The van der Waals surface area contributed by atoms with E-state index in [1.807, 2.05) is 33.2 Å². The van der Waals surface area contributed by atoms with Gasteiger partial charge in [-0.1, -0.05) is 20.8 Å². The van der Waals surface area contributed by atoms with Crippen LogP contribution in [0.5, 0.6) is 0 Å². The van der Waals surface area contributed by atoms with Crippen LogP contribution in [0.3, 0.4) is 0 Å². The van der Waals surface area contributed by atoms with Gasteiger partial charge in [0.2, 0.25) is 0 Å². The van der Waals surface area contributed by atoms with E-state index in [0.29, 0.717) is 28.4 Å². The van der Waals surface area contributed by atoms with Gasteiger partial charge in [-0.2, -0.15) is 5.10 Å². The first-order chi connectivity index (χ1) is 13.4. The summed E-state index contributed by atoms with van der Waals surface area (Å²) in [5.74, 6) is 1.57. The highest BCUT2D eigenvalue weighted by molar-refractivity contribution is 7.99. The molecule has 0 saturated carbocycles. The van der Waals surface area contributed by atoms with Gasteiger partial charge in [0.05, 0.1) is 6.20 Å². The van der Waals surface area contributed by atoms with E-state index in [9.17, 15) is 9.59 Å². The van der Waals surface area contributed by atoms with E-state index in [4.69, 9.17) is 0 Å². The van der Waals surface area contributed by atoms with Crippen LogP contribution < -0.4 is 11.2 Å². The second-order valence-electron chi connectivity index (χ2n) is 7.10. The van der Waals surface area contributed by atoms with Crippen LogP contribution in [0, 0.1) is 0 Å². The number of aromatic amines is 1. The van der Waals surface area contributed by atoms with E-state index in [1.54, 1.807) is 16.3 Å². The number of nitrogens with one attached hydrogen (secondary N) is 1. The lowest BCUT2D eigenvalue weighted by molar-refractivity contribution is 0.603. The van der Waals surface area contributed by atoms with E-state index >= 15 is 0 Å². The maximum atomic E-state index is 12.9. The van der Waals surface area contributed by atoms with Gasteiger partial charge in [-0.25, -0.2) is 14.8 Å². The summed E-state index contributed by atoms with van der Waals surface area (Å²) in [6.45, 7) is 6.54. The van der Waals surface area contributed by atoms with Crippen molar-refractivity contribution in [3.8, 4) is 0 Å². The van der Waals surface area contributed by atoms with Gasteiger partial charge in [0.15, 0.2) is 5.65 Å². The number of hydrogen-bond donors (Lipinski definition) is 1. The Morgan fingerprint density at radius 3 is 2.68 bits per heavy atom. The van der Waals surface area contributed by atoms with Gasteiger partial charge < -0.3 is 0 Å². The number of hydrogen-bond acceptors (Lipinski definition) is 6. The Hall–Kier alpha value is -2.42. The first-order valence-corrected chi connectivity index (χ1v) is 10.5. The molecule has 0 aliphatic carbocycles. The minimum absolute atomic E-state index is 0.101. The lowest BCUT2D eigenvalue weighted by Crippen LogP contribution is -2.39. The van der Waals surface area contributed by atoms with Gasteiger partial charge >= 0.3 is 5.69 Å². The zero-order chi connectivity index (χ0) is 20.3. The third-order valence-corrected chi connectivity index (χ3v) is 5.59. The molecule has 8 nitrogen and oxygen atoms in total. The molecule has 0 saturated heterocycles. The fourth-order valence-corrected chi connectivity index (χ4v) is 3.96. The summed E-state index contributed by atoms with van der Waals surface area (Å²) in [6, 6.07) is 0. The second kappa shape index (κ2) is 8.72. The number of nitrogens with zero attached hydrogens (tertiary/aromatic N) is 5. The molecule has 3 rings (SSSR count). The third kappa shape index (κ3) is 4.04. The summed E-state index contributed by atoms with van der Waals surface area (Å²) in [4.78, 5) is 34.8. The SMILES string of the molecule is CCCn1c(=O)n(C)c(=O)c2c(SCCCc3cn[nH]c3)nc(C(C)C)nc21. The van der Waals surface area contributed by atoms with Gasteiger partial charge in [0.25, 0.3) is 5.56 Å². The molecule has 3 aromatic heterocycles. The molecule has 9 heteroatoms. The monoisotopic (exact) mass is 402 g/mol. The van der Waals surface area contributed by atoms with E-state index in [-0.39, 0.29) is 17.2 Å². The van der Waals surface area contributed by atoms with Crippen molar-refractivity contribution in [3.63, 3.8) is 0 Å². The minimum Gasteiger partial charge on any atom is -0.285 e. The lowest BCUT2D eigenvalue weighted by atomic mass is 10.2. The maximum absolute atomic E-state index is 12.9. The van der Waals surface area contributed by atoms with Crippen LogP contribution in [0.2, 0.25) is 0 Å². The second-order valence-corrected chi connectivity index (χ2v) is 8.18. The van der Waals surface area contributed by atoms with E-state index < -0.39 is 0 Å². The molecule has 0 fully saturated rings. The number of rotatable bonds is 8. The molecule has 0 radical (unpaired) electrons. The molecular formula is C19H26N6O2S. The molecule has 28 heavy (non-hydrogen) atoms. The Morgan fingerprint density at radius 1 is 1.25 bits per heavy atom. The van der Waals surface area contributed by atoms with Crippen LogP contribution in [-0.2, 0) is 20.0 Å². The van der Waals surface area contributed by atoms with Gasteiger partial charge in [0, 0.05) is 25.7 Å². The molecule has 3 heterocycles. The summed E-state index contributed by atoms with van der Waals surface area (Å²) in [5.41, 5.74) is 0.943. The number of H-pyrrole nitrogens is 1. The van der Waals surface area contributed by atoms with Crippen molar-refractivity contribution < 1.29 is 0 Å². The van der Waals surface area contributed by atoms with E-state index in [1.165, 1.54) is 7.05 Å². The highest BCUT2D eigenvalue weighted by Crippen LogP contribution is 2.25. The molecule has 1 N–H and O–H groups in total. The number of aromatic nitrogens is 6. The third-order valence-electron chi connectivity index (χ3n) is 4.53. The zero-order valence-corrected chi connectivity index (χ0v) is 17.5. The standard InChI is InChI=1S/C19H26N6O2S/c1-5-8-25-16-14(18(26)24(4)19(25)27)17(23-15(22-16)12(2)3)28-9-6-7-13-10-20-21-11-13/h10-12H,5-9H2,1-4H3,(H,20,21). The Balaban J connectivity index is 2.04. The van der Waals surface area contributed by atoms with Crippen molar-refractivity contribution in [1.82, 2.24) is 29.3 Å². The molecule has 0 aromatic carbocycles. The summed E-state index contributed by atoms with van der Waals surface area (Å²) < 4.78 is 2.76. The van der Waals surface area contributed by atoms with Crippen LogP contribution in [0.4, 0.5) is 0 Å². The summed E-state index contributed by atoms with van der Waals surface area (Å²) in [7, 11) is 1.51. The molecule has 0 amide bonds. The van der Waals surface area contributed by atoms with Crippen molar-refractivity contribution in [1.29, 1.82) is 0 Å². The van der Waals surface area contributed by atoms with Gasteiger partial charge in [-0.15, -0.1) is 11.8 Å². The van der Waals surface area contributed by atoms with Crippen molar-refractivity contribution in [3.05, 3.63) is 44.6 Å². The fraction of sp³-hybridized carbons (Fsp3) is 0.526. The minimum atomic E-state index is -0.333. The molecule has 0 bridgehead atoms. The first kappa shape index (κ1) is 20.3. The van der Waals surface area contributed by atoms with Gasteiger partial charge in [0.1, 0.15) is 16.2 Å². The number of fused-ring (bicyclic) bond motifs is 1. The van der Waals surface area contributed by atoms with Gasteiger partial charge in [-0.05, 0) is 30.6 Å². The van der Waals surface area contributed by atoms with E-state index in [0.717, 1.165) is 35.1 Å². The van der Waals surface area contributed by atoms with Crippen LogP contribution >= 0.6 is 11.8 Å². The van der Waals surface area contributed by atoms with Crippen LogP contribution in [0.25, 0.3) is 11.0 Å². The largest absolute Gasteiger partial charge is 0.332 e. The Kier molecular flexibility index (Phi) is 6.33. The highest BCUT2D eigenvalue weighted by Gasteiger charge is 2.19. The lowest BCUT2D eigenvalue weighted by Gasteiger charge is -2.15. The van der Waals surface area contributed by atoms with Crippen molar-refractivity contribution in [2.45, 2.75) is 57.5 Å². The predicted molar refractivity (Wildman–Crippen MR) is 111 cm³/mol. The molecular weight excluding hydrogens is 376 g/mol. The fourth-order valence-electron chi connectivity index (χ4n) is 3.00. The van der Waals surface area contributed by atoms with Crippen molar-refractivity contribution in [2.24, 2.45) is 7.05 Å². The van der Waals surface area contributed by atoms with Crippen LogP contribution in [0.15, 0.2) is 27.0 Å². The van der Waals surface area contributed by atoms with E-state index in [2.05, 4.69) is 20.2 Å². The average molecular weight is 403 g/mol. The van der Waals surface area contributed by atoms with Crippen LogP contribution in [-0.4, -0.2) is 35.1 Å². The molecule has 0 aliphatic heterocycles. The first-order valence-electron chi connectivity index (χ1n) is 9.56. The molecule has 0 spiro atoms. The Bertz CT molecular complexity index is 1070. The summed E-state index contributed by atoms with van der Waals surface area (Å²) in [5, 5.41) is 7.87. The average Bonchev–Trinajstić information content (AvgIpc) is 3.19. The molecule has 0 unspecified atom stereocenters. The zero-order valence-electron chi connectivity index (χ0n) is 16.7. The van der Waals surface area contributed by atoms with Crippen LogP contribution in [0.1, 0.15) is 50.9 Å². The normalized spacial score (nSPS) is 11.6. The van der Waals surface area contributed by atoms with Crippen molar-refractivity contribution >= 4 is 22.8 Å². The smallest absolute Gasteiger partial charge is 0.285 e. The predicted octanol–water partition coefficient (Wildman–Crippen LogP) is 2.47. The Labute approximate surface area is 167 Å². The number of thioether (sulfide) groups is 1. The quantitative estimate of drug-likeness (QED) is 0.353. The van der Waals surface area contributed by atoms with Crippen molar-refractivity contribution in [2.75, 3.05) is 5.75 Å². The topological polar surface area (TPSA) is 98.5 Å². The highest BCUT2D eigenvalue weighted by atomic mass is 32.2. The maximum Gasteiger partial charge on any atom is 0.332 e.